The third kappa shape index (κ3) is 2.99. The van der Waals surface area contributed by atoms with Crippen LogP contribution in [-0.2, 0) is 19.5 Å². The Morgan fingerprint density at radius 1 is 1.21 bits per heavy atom. The maximum Gasteiger partial charge on any atom is 0.274 e. The van der Waals surface area contributed by atoms with Crippen LogP contribution >= 0.6 is 0 Å². The van der Waals surface area contributed by atoms with Gasteiger partial charge in [-0.25, -0.2) is 4.98 Å². The zero-order chi connectivity index (χ0) is 19.1. The number of likely N-dealkylation sites (tertiary alicyclic amines) is 1. The highest BCUT2D eigenvalue weighted by atomic mass is 16.2. The Morgan fingerprint density at radius 2 is 2.07 bits per heavy atom. The molecule has 2 aliphatic heterocycles. The lowest BCUT2D eigenvalue weighted by molar-refractivity contribution is 0.0716. The molecule has 5 rings (SSSR count). The van der Waals surface area contributed by atoms with Crippen molar-refractivity contribution in [2.45, 2.75) is 45.7 Å². The van der Waals surface area contributed by atoms with Crippen molar-refractivity contribution in [2.24, 2.45) is 0 Å². The smallest absolute Gasteiger partial charge is 0.274 e. The van der Waals surface area contributed by atoms with Crippen LogP contribution in [0.25, 0.3) is 5.65 Å². The van der Waals surface area contributed by atoms with Crippen molar-refractivity contribution in [1.82, 2.24) is 29.4 Å². The van der Waals surface area contributed by atoms with E-state index in [4.69, 9.17) is 4.98 Å². The highest BCUT2D eigenvalue weighted by Gasteiger charge is 2.27. The molecule has 7 nitrogen and oxygen atoms in total. The van der Waals surface area contributed by atoms with E-state index in [1.54, 1.807) is 0 Å². The fourth-order valence-electron chi connectivity index (χ4n) is 4.45. The van der Waals surface area contributed by atoms with Crippen LogP contribution in [0.4, 0.5) is 0 Å². The number of carbonyl (C=O) groups is 1. The lowest BCUT2D eigenvalue weighted by Crippen LogP contribution is -2.37. The molecule has 3 aromatic rings. The molecular weight excluding hydrogens is 352 g/mol. The zero-order valence-corrected chi connectivity index (χ0v) is 16.3. The number of hydrogen-bond donors (Lipinski definition) is 1. The molecule has 0 unspecified atom stereocenters. The van der Waals surface area contributed by atoms with Gasteiger partial charge >= 0.3 is 0 Å². The number of carbonyl (C=O) groups excluding carboxylic acids is 1. The normalized spacial score (nSPS) is 17.8. The molecule has 0 radical (unpaired) electrons. The third-order valence-electron chi connectivity index (χ3n) is 6.04. The highest BCUT2D eigenvalue weighted by Crippen LogP contribution is 2.24. The first kappa shape index (κ1) is 17.4. The Hall–Kier alpha value is -2.67. The number of piperidine rings is 1. The lowest BCUT2D eigenvalue weighted by Gasteiger charge is -2.28. The summed E-state index contributed by atoms with van der Waals surface area (Å²) in [7, 11) is 0. The predicted octanol–water partition coefficient (Wildman–Crippen LogP) is 2.55. The number of aryl methyl sites for hydroxylation is 1. The molecule has 0 bridgehead atoms. The average Bonchev–Trinajstić information content (AvgIpc) is 3.34. The molecule has 0 atom stereocenters. The van der Waals surface area contributed by atoms with Gasteiger partial charge in [-0.1, -0.05) is 6.07 Å². The van der Waals surface area contributed by atoms with Crippen LogP contribution in [-0.4, -0.2) is 54.9 Å². The summed E-state index contributed by atoms with van der Waals surface area (Å²) in [6.07, 6.45) is 8.29. The molecule has 1 amide bonds. The van der Waals surface area contributed by atoms with Gasteiger partial charge in [0.15, 0.2) is 5.69 Å². The number of rotatable bonds is 3. The van der Waals surface area contributed by atoms with Gasteiger partial charge < -0.3 is 9.30 Å². The summed E-state index contributed by atoms with van der Waals surface area (Å²) < 4.78 is 2.11. The predicted molar refractivity (Wildman–Crippen MR) is 106 cm³/mol. The second kappa shape index (κ2) is 7.05. The van der Waals surface area contributed by atoms with Crippen molar-refractivity contribution in [2.75, 3.05) is 19.6 Å². The zero-order valence-electron chi connectivity index (χ0n) is 16.3. The molecule has 0 saturated carbocycles. The number of nitrogens with zero attached hydrogens (tertiary/aromatic N) is 5. The monoisotopic (exact) mass is 378 g/mol. The number of aromatic amines is 1. The second-order valence-corrected chi connectivity index (χ2v) is 7.98. The first-order valence-corrected chi connectivity index (χ1v) is 10.2. The number of amides is 1. The standard InChI is InChI=1S/C21H26N6O/c1-15-6-5-10-27-18(14-25-11-7-17-16(13-25)12-22-24-17)19(23-20(15)27)21(28)26-8-3-2-4-9-26/h5-6,10,12H,2-4,7-9,11,13-14H2,1H3,(H,22,24). The van der Waals surface area contributed by atoms with Gasteiger partial charge in [-0.2, -0.15) is 5.10 Å². The molecule has 3 aromatic heterocycles. The Bertz CT molecular complexity index is 1010. The Kier molecular flexibility index (Phi) is 4.39. The summed E-state index contributed by atoms with van der Waals surface area (Å²) in [4.78, 5) is 22.5. The molecule has 0 aromatic carbocycles. The van der Waals surface area contributed by atoms with Crippen LogP contribution in [0.3, 0.4) is 0 Å². The molecule has 146 valence electrons. The first-order chi connectivity index (χ1) is 13.7. The molecule has 7 heteroatoms. The van der Waals surface area contributed by atoms with Crippen molar-refractivity contribution in [3.05, 3.63) is 52.7 Å². The van der Waals surface area contributed by atoms with E-state index in [1.807, 2.05) is 23.4 Å². The average molecular weight is 378 g/mol. The molecule has 28 heavy (non-hydrogen) atoms. The minimum Gasteiger partial charge on any atom is -0.337 e. The maximum atomic E-state index is 13.3. The van der Waals surface area contributed by atoms with Crippen LogP contribution in [0.15, 0.2) is 24.5 Å². The van der Waals surface area contributed by atoms with E-state index in [0.29, 0.717) is 12.2 Å². The number of H-pyrrole nitrogens is 1. The van der Waals surface area contributed by atoms with Crippen LogP contribution in [0.1, 0.15) is 52.3 Å². The maximum absolute atomic E-state index is 13.3. The highest BCUT2D eigenvalue weighted by molar-refractivity contribution is 5.94. The van der Waals surface area contributed by atoms with Crippen LogP contribution in [0.2, 0.25) is 0 Å². The summed E-state index contributed by atoms with van der Waals surface area (Å²) in [5.41, 5.74) is 6.08. The van der Waals surface area contributed by atoms with Gasteiger partial charge in [0.25, 0.3) is 5.91 Å². The molecule has 0 spiro atoms. The van der Waals surface area contributed by atoms with E-state index in [-0.39, 0.29) is 5.91 Å². The Balaban J connectivity index is 1.51. The van der Waals surface area contributed by atoms with Crippen molar-refractivity contribution < 1.29 is 4.79 Å². The van der Waals surface area contributed by atoms with Gasteiger partial charge in [-0.15, -0.1) is 0 Å². The van der Waals surface area contributed by atoms with E-state index >= 15 is 0 Å². The summed E-state index contributed by atoms with van der Waals surface area (Å²) in [5, 5.41) is 7.27. The van der Waals surface area contributed by atoms with Gasteiger partial charge in [0.2, 0.25) is 0 Å². The van der Waals surface area contributed by atoms with Crippen molar-refractivity contribution in [1.29, 1.82) is 0 Å². The minimum absolute atomic E-state index is 0.0822. The van der Waals surface area contributed by atoms with Gasteiger partial charge in [-0.3, -0.25) is 14.8 Å². The van der Waals surface area contributed by atoms with Crippen LogP contribution in [0.5, 0.6) is 0 Å². The number of fused-ring (bicyclic) bond motifs is 2. The quantitative estimate of drug-likeness (QED) is 0.760. The minimum atomic E-state index is 0.0822. The van der Waals surface area contributed by atoms with Gasteiger partial charge in [-0.05, 0) is 37.8 Å². The molecule has 1 saturated heterocycles. The Morgan fingerprint density at radius 3 is 2.93 bits per heavy atom. The van der Waals surface area contributed by atoms with E-state index < -0.39 is 0 Å². The van der Waals surface area contributed by atoms with Crippen molar-refractivity contribution in [3.8, 4) is 0 Å². The molecule has 1 N–H and O–H groups in total. The number of pyridine rings is 1. The second-order valence-electron chi connectivity index (χ2n) is 7.98. The fraction of sp³-hybridized carbons (Fsp3) is 0.476. The van der Waals surface area contributed by atoms with Crippen LogP contribution < -0.4 is 0 Å². The lowest BCUT2D eigenvalue weighted by atomic mass is 10.1. The summed E-state index contributed by atoms with van der Waals surface area (Å²) in [5.74, 6) is 0.0822. The molecule has 0 aliphatic carbocycles. The fourth-order valence-corrected chi connectivity index (χ4v) is 4.45. The summed E-state index contributed by atoms with van der Waals surface area (Å²) >= 11 is 0. The molecule has 1 fully saturated rings. The SMILES string of the molecule is Cc1cccn2c(CN3CCc4[nH]ncc4C3)c(C(=O)N3CCCCC3)nc12. The molecule has 5 heterocycles. The van der Waals surface area contributed by atoms with E-state index in [2.05, 4.69) is 32.5 Å². The van der Waals surface area contributed by atoms with Gasteiger partial charge in [0.1, 0.15) is 5.65 Å². The topological polar surface area (TPSA) is 69.5 Å². The largest absolute Gasteiger partial charge is 0.337 e. The number of hydrogen-bond acceptors (Lipinski definition) is 4. The van der Waals surface area contributed by atoms with E-state index in [9.17, 15) is 4.79 Å². The van der Waals surface area contributed by atoms with Gasteiger partial charge in [0, 0.05) is 56.6 Å². The van der Waals surface area contributed by atoms with Crippen LogP contribution in [0, 0.1) is 6.92 Å². The summed E-state index contributed by atoms with van der Waals surface area (Å²) in [6, 6.07) is 4.09. The van der Waals surface area contributed by atoms with E-state index in [1.165, 1.54) is 17.7 Å². The van der Waals surface area contributed by atoms with Gasteiger partial charge in [0.05, 0.1) is 11.9 Å². The van der Waals surface area contributed by atoms with Crippen molar-refractivity contribution >= 4 is 11.6 Å². The number of imidazole rings is 1. The van der Waals surface area contributed by atoms with Crippen molar-refractivity contribution in [3.63, 3.8) is 0 Å². The number of nitrogens with one attached hydrogen (secondary N) is 1. The summed E-state index contributed by atoms with van der Waals surface area (Å²) in [6.45, 7) is 6.25. The Labute approximate surface area is 164 Å². The first-order valence-electron chi connectivity index (χ1n) is 10.2. The number of aromatic nitrogens is 4. The molecule has 2 aliphatic rings. The molecular formula is C21H26N6O. The van der Waals surface area contributed by atoms with E-state index in [0.717, 1.165) is 62.3 Å². The third-order valence-corrected chi connectivity index (χ3v) is 6.04.